The van der Waals surface area contributed by atoms with Crippen molar-refractivity contribution >= 4 is 35.1 Å². The molecule has 1 aromatic heterocycles. The Morgan fingerprint density at radius 1 is 1.23 bits per heavy atom. The van der Waals surface area contributed by atoms with E-state index in [4.69, 9.17) is 16.3 Å². The molecule has 0 saturated carbocycles. The van der Waals surface area contributed by atoms with Gasteiger partial charge in [0.05, 0.1) is 11.3 Å². The number of benzene rings is 1. The molecule has 2 heterocycles. The number of pyridine rings is 1. The summed E-state index contributed by atoms with van der Waals surface area (Å²) in [6.07, 6.45) is 1.43. The molecule has 2 amide bonds. The number of aromatic nitrogens is 1. The minimum Gasteiger partial charge on any atom is -0.424 e. The van der Waals surface area contributed by atoms with E-state index in [0.29, 0.717) is 5.02 Å². The molecule has 110 valence electrons. The lowest BCUT2D eigenvalue weighted by Crippen LogP contribution is -2.30. The van der Waals surface area contributed by atoms with E-state index >= 15 is 0 Å². The van der Waals surface area contributed by atoms with Crippen molar-refractivity contribution in [1.82, 2.24) is 4.98 Å². The van der Waals surface area contributed by atoms with Crippen molar-refractivity contribution < 1.29 is 19.1 Å². The molecule has 0 atom stereocenters. The van der Waals surface area contributed by atoms with Gasteiger partial charge in [0.15, 0.2) is 5.75 Å². The third kappa shape index (κ3) is 2.23. The van der Waals surface area contributed by atoms with Crippen molar-refractivity contribution in [3.63, 3.8) is 0 Å². The van der Waals surface area contributed by atoms with Crippen LogP contribution in [0.3, 0.4) is 0 Å². The molecule has 0 unspecified atom stereocenters. The predicted octanol–water partition coefficient (Wildman–Crippen LogP) is 2.46. The molecule has 22 heavy (non-hydrogen) atoms. The van der Waals surface area contributed by atoms with Gasteiger partial charge in [-0.15, -0.1) is 0 Å². The van der Waals surface area contributed by atoms with E-state index in [1.807, 2.05) is 0 Å². The summed E-state index contributed by atoms with van der Waals surface area (Å²) >= 11 is 5.93. The number of imide groups is 1. The van der Waals surface area contributed by atoms with Crippen molar-refractivity contribution in [3.05, 3.63) is 52.8 Å². The Balaban J connectivity index is 2.13. The predicted molar refractivity (Wildman–Crippen MR) is 78.1 cm³/mol. The molecule has 0 radical (unpaired) electrons. The Bertz CT molecular complexity index is 784. The maximum atomic E-state index is 12.4. The van der Waals surface area contributed by atoms with Gasteiger partial charge in [-0.05, 0) is 30.3 Å². The van der Waals surface area contributed by atoms with E-state index in [9.17, 15) is 14.4 Å². The van der Waals surface area contributed by atoms with Gasteiger partial charge in [-0.3, -0.25) is 19.4 Å². The van der Waals surface area contributed by atoms with Crippen LogP contribution in [-0.2, 0) is 4.79 Å². The van der Waals surface area contributed by atoms with Crippen LogP contribution in [0.25, 0.3) is 0 Å². The number of ether oxygens (including phenoxy) is 1. The summed E-state index contributed by atoms with van der Waals surface area (Å²) in [7, 11) is 0. The van der Waals surface area contributed by atoms with Crippen LogP contribution in [0.4, 0.5) is 5.69 Å². The maximum absolute atomic E-state index is 12.4. The van der Waals surface area contributed by atoms with E-state index < -0.39 is 17.8 Å². The molecule has 1 aromatic carbocycles. The molecule has 7 heteroatoms. The minimum absolute atomic E-state index is 0.0567. The van der Waals surface area contributed by atoms with Crippen LogP contribution in [0.5, 0.6) is 5.75 Å². The van der Waals surface area contributed by atoms with E-state index in [2.05, 4.69) is 4.98 Å². The number of amides is 2. The Morgan fingerprint density at radius 3 is 2.68 bits per heavy atom. The van der Waals surface area contributed by atoms with Crippen molar-refractivity contribution in [2.75, 3.05) is 4.90 Å². The van der Waals surface area contributed by atoms with Gasteiger partial charge >= 0.3 is 5.97 Å². The largest absolute Gasteiger partial charge is 0.424 e. The third-order valence-corrected chi connectivity index (χ3v) is 3.30. The molecule has 0 saturated heterocycles. The summed E-state index contributed by atoms with van der Waals surface area (Å²) in [5.74, 6) is -1.62. The Kier molecular flexibility index (Phi) is 3.38. The highest BCUT2D eigenvalue weighted by Gasteiger charge is 2.39. The monoisotopic (exact) mass is 316 g/mol. The zero-order valence-electron chi connectivity index (χ0n) is 11.4. The van der Waals surface area contributed by atoms with Crippen LogP contribution < -0.4 is 9.64 Å². The molecule has 0 fully saturated rings. The number of rotatable bonds is 2. The smallest absolute Gasteiger partial charge is 0.308 e. The molecule has 3 rings (SSSR count). The topological polar surface area (TPSA) is 76.6 Å². The highest BCUT2D eigenvalue weighted by atomic mass is 35.5. The fraction of sp³-hybridized carbons (Fsp3) is 0.0667. The highest BCUT2D eigenvalue weighted by molar-refractivity contribution is 6.35. The standard InChI is InChI=1S/C15H9ClN2O4/c1-8(19)22-12-5-4-9(16)7-11(12)18-14(20)10-3-2-6-17-13(10)15(18)21/h2-7H,1H3. The van der Waals surface area contributed by atoms with Gasteiger partial charge < -0.3 is 4.74 Å². The van der Waals surface area contributed by atoms with Crippen molar-refractivity contribution in [3.8, 4) is 5.75 Å². The van der Waals surface area contributed by atoms with E-state index in [1.165, 1.54) is 37.4 Å². The summed E-state index contributed by atoms with van der Waals surface area (Å²) in [6.45, 7) is 1.22. The molecule has 0 N–H and O–H groups in total. The zero-order valence-corrected chi connectivity index (χ0v) is 12.1. The summed E-state index contributed by atoms with van der Waals surface area (Å²) in [5.41, 5.74) is 0.359. The fourth-order valence-corrected chi connectivity index (χ4v) is 2.36. The molecule has 0 aliphatic carbocycles. The molecular formula is C15H9ClN2O4. The molecule has 0 bridgehead atoms. The lowest BCUT2D eigenvalue weighted by atomic mass is 10.2. The SMILES string of the molecule is CC(=O)Oc1ccc(Cl)cc1N1C(=O)c2cccnc2C1=O. The number of hydrogen-bond acceptors (Lipinski definition) is 5. The Morgan fingerprint density at radius 2 is 2.00 bits per heavy atom. The molecule has 6 nitrogen and oxygen atoms in total. The normalized spacial score (nSPS) is 13.3. The van der Waals surface area contributed by atoms with Gasteiger partial charge in [0.1, 0.15) is 5.69 Å². The van der Waals surface area contributed by atoms with Crippen LogP contribution in [0.2, 0.25) is 5.02 Å². The van der Waals surface area contributed by atoms with E-state index in [-0.39, 0.29) is 22.7 Å². The first-order valence-corrected chi connectivity index (χ1v) is 6.68. The van der Waals surface area contributed by atoms with Crippen molar-refractivity contribution in [2.45, 2.75) is 6.92 Å². The Labute approximate surface area is 130 Å². The average Bonchev–Trinajstić information content (AvgIpc) is 2.73. The number of esters is 1. The first kappa shape index (κ1) is 14.2. The van der Waals surface area contributed by atoms with Crippen LogP contribution >= 0.6 is 11.6 Å². The molecule has 2 aromatic rings. The van der Waals surface area contributed by atoms with Gasteiger partial charge in [-0.2, -0.15) is 0 Å². The van der Waals surface area contributed by atoms with Crippen LogP contribution in [0.15, 0.2) is 36.5 Å². The maximum Gasteiger partial charge on any atom is 0.308 e. The van der Waals surface area contributed by atoms with Crippen molar-refractivity contribution in [1.29, 1.82) is 0 Å². The second-order valence-corrected chi connectivity index (χ2v) is 4.99. The number of nitrogens with zero attached hydrogens (tertiary/aromatic N) is 2. The minimum atomic E-state index is -0.587. The molecular weight excluding hydrogens is 308 g/mol. The number of anilines is 1. The van der Waals surface area contributed by atoms with Gasteiger partial charge in [-0.1, -0.05) is 11.6 Å². The second-order valence-electron chi connectivity index (χ2n) is 4.55. The number of hydrogen-bond donors (Lipinski definition) is 0. The summed E-state index contributed by atoms with van der Waals surface area (Å²) < 4.78 is 5.04. The summed E-state index contributed by atoms with van der Waals surface area (Å²) in [5, 5.41) is 0.301. The molecule has 1 aliphatic rings. The summed E-state index contributed by atoms with van der Waals surface area (Å²) in [4.78, 5) is 40.9. The zero-order chi connectivity index (χ0) is 15.9. The second kappa shape index (κ2) is 5.23. The number of carbonyl (C=O) groups excluding carboxylic acids is 3. The van der Waals surface area contributed by atoms with Gasteiger partial charge in [0.2, 0.25) is 0 Å². The first-order valence-electron chi connectivity index (χ1n) is 6.31. The van der Waals surface area contributed by atoms with Gasteiger partial charge in [-0.25, -0.2) is 4.90 Å². The molecule has 1 aliphatic heterocycles. The third-order valence-electron chi connectivity index (χ3n) is 3.06. The average molecular weight is 317 g/mol. The van der Waals surface area contributed by atoms with Gasteiger partial charge in [0.25, 0.3) is 11.8 Å². The van der Waals surface area contributed by atoms with E-state index in [0.717, 1.165) is 4.90 Å². The quantitative estimate of drug-likeness (QED) is 0.483. The number of fused-ring (bicyclic) bond motifs is 1. The Hall–Kier alpha value is -2.73. The number of carbonyl (C=O) groups is 3. The number of halogens is 1. The van der Waals surface area contributed by atoms with Gasteiger partial charge in [0, 0.05) is 18.1 Å². The highest BCUT2D eigenvalue weighted by Crippen LogP contribution is 2.36. The summed E-state index contributed by atoms with van der Waals surface area (Å²) in [6, 6.07) is 7.40. The fourth-order valence-electron chi connectivity index (χ4n) is 2.19. The molecule has 0 spiro atoms. The lowest BCUT2D eigenvalue weighted by Gasteiger charge is -2.17. The van der Waals surface area contributed by atoms with Crippen LogP contribution in [0.1, 0.15) is 27.8 Å². The van der Waals surface area contributed by atoms with Crippen molar-refractivity contribution in [2.24, 2.45) is 0 Å². The lowest BCUT2D eigenvalue weighted by molar-refractivity contribution is -0.131. The van der Waals surface area contributed by atoms with Crippen LogP contribution in [0, 0.1) is 0 Å². The van der Waals surface area contributed by atoms with E-state index in [1.54, 1.807) is 6.07 Å². The van der Waals surface area contributed by atoms with Crippen LogP contribution in [-0.4, -0.2) is 22.8 Å². The first-order chi connectivity index (χ1) is 10.5.